The molecule has 0 radical (unpaired) electrons. The zero-order valence-electron chi connectivity index (χ0n) is 6.63. The third kappa shape index (κ3) is 3.28. The summed E-state index contributed by atoms with van der Waals surface area (Å²) in [5.74, 6) is 0. The Morgan fingerprint density at radius 2 is 2.18 bits per heavy atom. The molecule has 1 heterocycles. The molecule has 0 bridgehead atoms. The lowest BCUT2D eigenvalue weighted by atomic mass is 10.3. The van der Waals surface area contributed by atoms with Gasteiger partial charge < -0.3 is 5.41 Å². The van der Waals surface area contributed by atoms with Crippen LogP contribution in [0.4, 0.5) is 0 Å². The highest BCUT2D eigenvalue weighted by Crippen LogP contribution is 2.08. The molecule has 0 aliphatic rings. The van der Waals surface area contributed by atoms with E-state index in [1.54, 1.807) is 12.3 Å². The molecule has 0 fully saturated rings. The average Bonchev–Trinajstić information content (AvgIpc) is 2.09. The van der Waals surface area contributed by atoms with Crippen molar-refractivity contribution in [3.63, 3.8) is 0 Å². The SMILES string of the molecule is CC.N=Cc1cccnc1Br. The van der Waals surface area contributed by atoms with E-state index in [1.807, 2.05) is 19.9 Å². The molecule has 0 amide bonds. The molecule has 1 N–H and O–H groups in total. The van der Waals surface area contributed by atoms with E-state index in [0.717, 1.165) is 10.2 Å². The van der Waals surface area contributed by atoms with Crippen molar-refractivity contribution in [3.05, 3.63) is 28.5 Å². The maximum atomic E-state index is 6.89. The molecule has 11 heavy (non-hydrogen) atoms. The van der Waals surface area contributed by atoms with Gasteiger partial charge >= 0.3 is 0 Å². The van der Waals surface area contributed by atoms with Crippen LogP contribution in [0.2, 0.25) is 0 Å². The van der Waals surface area contributed by atoms with Gasteiger partial charge in [0, 0.05) is 18.0 Å². The second-order valence-corrected chi connectivity index (χ2v) is 2.28. The third-order valence-corrected chi connectivity index (χ3v) is 1.61. The monoisotopic (exact) mass is 214 g/mol. The number of hydrogen-bond donors (Lipinski definition) is 1. The maximum Gasteiger partial charge on any atom is 0.114 e. The molecule has 0 unspecified atom stereocenters. The van der Waals surface area contributed by atoms with Gasteiger partial charge in [-0.1, -0.05) is 13.8 Å². The molecule has 1 rings (SSSR count). The highest BCUT2D eigenvalue weighted by molar-refractivity contribution is 9.10. The van der Waals surface area contributed by atoms with Crippen molar-refractivity contribution in [2.24, 2.45) is 0 Å². The topological polar surface area (TPSA) is 36.7 Å². The number of halogens is 1. The fourth-order valence-corrected chi connectivity index (χ4v) is 0.871. The van der Waals surface area contributed by atoms with Crippen LogP contribution in [0, 0.1) is 5.41 Å². The Balaban J connectivity index is 0.000000461. The Morgan fingerprint density at radius 1 is 1.55 bits per heavy atom. The largest absolute Gasteiger partial charge is 0.308 e. The zero-order chi connectivity index (χ0) is 8.69. The first-order valence-electron chi connectivity index (χ1n) is 3.45. The minimum absolute atomic E-state index is 0.722. The Labute approximate surface area is 75.3 Å². The predicted molar refractivity (Wildman–Crippen MR) is 51.2 cm³/mol. The third-order valence-electron chi connectivity index (χ3n) is 0.943. The van der Waals surface area contributed by atoms with Gasteiger partial charge in [0.25, 0.3) is 0 Å². The Hall–Kier alpha value is -0.700. The van der Waals surface area contributed by atoms with Gasteiger partial charge in [-0.2, -0.15) is 0 Å². The van der Waals surface area contributed by atoms with E-state index in [4.69, 9.17) is 5.41 Å². The van der Waals surface area contributed by atoms with E-state index in [2.05, 4.69) is 20.9 Å². The van der Waals surface area contributed by atoms with Gasteiger partial charge in [-0.05, 0) is 28.1 Å². The number of aromatic nitrogens is 1. The summed E-state index contributed by atoms with van der Waals surface area (Å²) < 4.78 is 0.722. The van der Waals surface area contributed by atoms with E-state index < -0.39 is 0 Å². The molecular weight excluding hydrogens is 204 g/mol. The van der Waals surface area contributed by atoms with Crippen molar-refractivity contribution in [1.82, 2.24) is 4.98 Å². The molecule has 0 aliphatic carbocycles. The van der Waals surface area contributed by atoms with Gasteiger partial charge in [-0.15, -0.1) is 0 Å². The van der Waals surface area contributed by atoms with Crippen LogP contribution in [-0.4, -0.2) is 11.2 Å². The van der Waals surface area contributed by atoms with Crippen LogP contribution in [0.25, 0.3) is 0 Å². The van der Waals surface area contributed by atoms with Gasteiger partial charge in [0.05, 0.1) is 0 Å². The van der Waals surface area contributed by atoms with Gasteiger partial charge in [0.1, 0.15) is 4.60 Å². The second-order valence-electron chi connectivity index (χ2n) is 1.53. The fraction of sp³-hybridized carbons (Fsp3) is 0.250. The first-order chi connectivity index (χ1) is 5.34. The number of pyridine rings is 1. The van der Waals surface area contributed by atoms with E-state index in [1.165, 1.54) is 6.21 Å². The summed E-state index contributed by atoms with van der Waals surface area (Å²) in [5, 5.41) is 6.89. The number of hydrogen-bond acceptors (Lipinski definition) is 2. The minimum Gasteiger partial charge on any atom is -0.308 e. The van der Waals surface area contributed by atoms with Crippen LogP contribution in [0.5, 0.6) is 0 Å². The highest BCUT2D eigenvalue weighted by Gasteiger charge is 1.91. The Kier molecular flexibility index (Phi) is 5.65. The van der Waals surface area contributed by atoms with E-state index >= 15 is 0 Å². The molecule has 0 saturated heterocycles. The summed E-state index contributed by atoms with van der Waals surface area (Å²) in [6, 6.07) is 3.62. The summed E-state index contributed by atoms with van der Waals surface area (Å²) in [6.07, 6.45) is 2.94. The van der Waals surface area contributed by atoms with E-state index in [0.29, 0.717) is 0 Å². The summed E-state index contributed by atoms with van der Waals surface area (Å²) in [6.45, 7) is 4.00. The van der Waals surface area contributed by atoms with Crippen LogP contribution in [0.1, 0.15) is 19.4 Å². The van der Waals surface area contributed by atoms with Crippen LogP contribution in [0.15, 0.2) is 22.9 Å². The summed E-state index contributed by atoms with van der Waals surface area (Å²) in [4.78, 5) is 3.92. The first kappa shape index (κ1) is 10.3. The highest BCUT2D eigenvalue weighted by atomic mass is 79.9. The molecule has 1 aromatic rings. The molecule has 0 atom stereocenters. The fourth-order valence-electron chi connectivity index (χ4n) is 0.506. The molecule has 2 nitrogen and oxygen atoms in total. The van der Waals surface area contributed by atoms with Crippen LogP contribution in [-0.2, 0) is 0 Å². The van der Waals surface area contributed by atoms with Crippen molar-refractivity contribution < 1.29 is 0 Å². The lowest BCUT2D eigenvalue weighted by Crippen LogP contribution is -1.82. The molecule has 3 heteroatoms. The molecule has 0 saturated carbocycles. The van der Waals surface area contributed by atoms with Crippen molar-refractivity contribution in [3.8, 4) is 0 Å². The Bertz CT molecular complexity index is 223. The predicted octanol–water partition coefficient (Wildman–Crippen LogP) is 2.87. The molecule has 1 aromatic heterocycles. The van der Waals surface area contributed by atoms with E-state index in [9.17, 15) is 0 Å². The lowest BCUT2D eigenvalue weighted by Gasteiger charge is -1.91. The van der Waals surface area contributed by atoms with Gasteiger partial charge in [-0.25, -0.2) is 4.98 Å². The summed E-state index contributed by atoms with van der Waals surface area (Å²) >= 11 is 3.19. The van der Waals surface area contributed by atoms with Crippen molar-refractivity contribution in [2.45, 2.75) is 13.8 Å². The van der Waals surface area contributed by atoms with Crippen molar-refractivity contribution in [2.75, 3.05) is 0 Å². The first-order valence-corrected chi connectivity index (χ1v) is 4.25. The Morgan fingerprint density at radius 3 is 2.55 bits per heavy atom. The van der Waals surface area contributed by atoms with Crippen molar-refractivity contribution >= 4 is 22.1 Å². The number of rotatable bonds is 1. The van der Waals surface area contributed by atoms with Gasteiger partial charge in [0.15, 0.2) is 0 Å². The zero-order valence-corrected chi connectivity index (χ0v) is 8.22. The van der Waals surface area contributed by atoms with Gasteiger partial charge in [0.2, 0.25) is 0 Å². The quantitative estimate of drug-likeness (QED) is 0.567. The maximum absolute atomic E-state index is 6.89. The van der Waals surface area contributed by atoms with Crippen LogP contribution >= 0.6 is 15.9 Å². The second kappa shape index (κ2) is 6.04. The normalized spacial score (nSPS) is 7.91. The summed E-state index contributed by atoms with van der Waals surface area (Å²) in [7, 11) is 0. The van der Waals surface area contributed by atoms with Gasteiger partial charge in [-0.3, -0.25) is 0 Å². The lowest BCUT2D eigenvalue weighted by molar-refractivity contribution is 1.26. The number of nitrogens with zero attached hydrogens (tertiary/aromatic N) is 1. The minimum atomic E-state index is 0.722. The average molecular weight is 215 g/mol. The standard InChI is InChI=1S/C6H5BrN2.C2H6/c7-6-5(4-8)2-1-3-9-6;1-2/h1-4,8H;1-2H3. The molecule has 0 spiro atoms. The summed E-state index contributed by atoms with van der Waals surface area (Å²) in [5.41, 5.74) is 0.803. The van der Waals surface area contributed by atoms with Crippen LogP contribution < -0.4 is 0 Å². The molecular formula is C8H11BrN2. The molecule has 0 aliphatic heterocycles. The molecule has 0 aromatic carbocycles. The number of nitrogens with one attached hydrogen (secondary N) is 1. The molecule has 60 valence electrons. The smallest absolute Gasteiger partial charge is 0.114 e. The van der Waals surface area contributed by atoms with Crippen molar-refractivity contribution in [1.29, 1.82) is 5.41 Å². The van der Waals surface area contributed by atoms with E-state index in [-0.39, 0.29) is 0 Å². The van der Waals surface area contributed by atoms with Crippen LogP contribution in [0.3, 0.4) is 0 Å².